The minimum atomic E-state index is -0.121. The van der Waals surface area contributed by atoms with Crippen molar-refractivity contribution in [2.24, 2.45) is 0 Å². The molecule has 2 aliphatic rings. The average Bonchev–Trinajstić information content (AvgIpc) is 1.49. The molecule has 2 aliphatic carbocycles. The van der Waals surface area contributed by atoms with Crippen molar-refractivity contribution in [1.29, 1.82) is 0 Å². The van der Waals surface area contributed by atoms with Crippen molar-refractivity contribution in [3.8, 4) is 50.9 Å². The molecule has 0 fully saturated rings. The summed E-state index contributed by atoms with van der Waals surface area (Å²) in [6, 6.07) is 88.4. The van der Waals surface area contributed by atoms with E-state index in [1.165, 1.54) is 112 Å². The molecule has 0 radical (unpaired) electrons. The summed E-state index contributed by atoms with van der Waals surface area (Å²) in [5.74, 6) is 2.28. The van der Waals surface area contributed by atoms with Gasteiger partial charge < -0.3 is 9.14 Å². The van der Waals surface area contributed by atoms with Crippen LogP contribution in [-0.4, -0.2) is 18.5 Å². The Hall–Kier alpha value is -10.6. The third-order valence-electron chi connectivity index (χ3n) is 22.8. The molecule has 0 amide bonds. The standard InChI is InChI=1S/C92H81N5O/c1-88(2,3)59-45-50-93-83(53-59)96-80-43-44-81-84(69-29-15-14-26-66(69)65-25-12-13-27-67(65)70-32-22-33-71-68-28-16-17-34-77(68)97(81)87(70)71)85(80)72-40-39-62(55-82(72)96)98-61-24-20-23-60(54-61)94-56-95(79-36-19-18-35-78(79)94)86-63(57-37-41-73-75(51-57)91(8,9)48-46-89(73,4)5)30-21-31-64(86)58-38-42-74-76(52-58)92(10,11)49-47-90(74,6)7/h12-45,50-55H,46-49H2,1-11H3. The zero-order chi connectivity index (χ0) is 66.9. The van der Waals surface area contributed by atoms with Crippen LogP contribution in [0.15, 0.2) is 243 Å². The fourth-order valence-corrected chi connectivity index (χ4v) is 17.2. The topological polar surface area (TPSA) is 40.3 Å². The summed E-state index contributed by atoms with van der Waals surface area (Å²) in [6.45, 7) is 26.2. The average molecular weight is 1270 g/mol. The van der Waals surface area contributed by atoms with Crippen LogP contribution in [0.1, 0.15) is 130 Å². The summed E-state index contributed by atoms with van der Waals surface area (Å²) in [6.07, 6.45) is 10.6. The molecule has 0 N–H and O–H groups in total. The van der Waals surface area contributed by atoms with E-state index < -0.39 is 0 Å². The highest BCUT2D eigenvalue weighted by molar-refractivity contribution is 6.32. The lowest BCUT2D eigenvalue weighted by atomic mass is 9.62. The Labute approximate surface area is 573 Å². The third kappa shape index (κ3) is 9.19. The first-order chi connectivity index (χ1) is 47.2. The number of hydrogen-bond acceptors (Lipinski definition) is 2. The van der Waals surface area contributed by atoms with E-state index in [9.17, 15) is 0 Å². The third-order valence-corrected chi connectivity index (χ3v) is 22.8. The van der Waals surface area contributed by atoms with Crippen LogP contribution in [0, 0.1) is 6.33 Å². The molecule has 0 spiro atoms. The molecule has 6 nitrogen and oxygen atoms in total. The van der Waals surface area contributed by atoms with Crippen molar-refractivity contribution in [2.75, 3.05) is 0 Å². The number of aromatic nitrogens is 5. The fraction of sp³-hybridized carbons (Fsp3) is 0.217. The molecule has 0 unspecified atom stereocenters. The van der Waals surface area contributed by atoms with Crippen molar-refractivity contribution in [3.63, 3.8) is 0 Å². The molecule has 6 heteroatoms. The summed E-state index contributed by atoms with van der Waals surface area (Å²) in [4.78, 5) is 5.24. The molecule has 5 aromatic heterocycles. The van der Waals surface area contributed by atoms with Gasteiger partial charge in [-0.25, -0.2) is 4.98 Å². The van der Waals surface area contributed by atoms with Crippen molar-refractivity contribution < 1.29 is 9.30 Å². The van der Waals surface area contributed by atoms with Crippen molar-refractivity contribution in [3.05, 3.63) is 277 Å². The molecule has 5 heterocycles. The van der Waals surface area contributed by atoms with Crippen LogP contribution in [0.4, 0.5) is 0 Å². The number of ether oxygens (including phenoxy) is 1. The number of imidazole rings is 1. The van der Waals surface area contributed by atoms with E-state index in [-0.39, 0.29) is 27.1 Å². The predicted molar refractivity (Wildman–Crippen MR) is 410 cm³/mol. The fourth-order valence-electron chi connectivity index (χ4n) is 17.2. The van der Waals surface area contributed by atoms with Crippen molar-refractivity contribution >= 4 is 92.5 Å². The molecule has 480 valence electrons. The smallest absolute Gasteiger partial charge is 0.269 e. The SMILES string of the molecule is CC(C)(C)c1ccnc(-n2c3cc(Oc4cccc(-n5[c-][n+](-c6c(-c7ccc8c(c7)C(C)(C)CCC8(C)C)cccc6-c6ccc7c(c6)C(C)(C)CCC7(C)C)c6ccccc65)c4)ccc3c3c4c5ccccc5c5ccccc5c5cccc6c7ccccc7n(c4ccc32)c56)c1. The quantitative estimate of drug-likeness (QED) is 0.118. The summed E-state index contributed by atoms with van der Waals surface area (Å²) in [5.41, 5.74) is 21.6. The summed E-state index contributed by atoms with van der Waals surface area (Å²) < 4.78 is 16.7. The predicted octanol–water partition coefficient (Wildman–Crippen LogP) is 23.9. The first-order valence-corrected chi connectivity index (χ1v) is 35.2. The van der Waals surface area contributed by atoms with Gasteiger partial charge in [-0.1, -0.05) is 246 Å². The van der Waals surface area contributed by atoms with E-state index in [0.717, 1.165) is 79.5 Å². The Morgan fingerprint density at radius 2 is 0.929 bits per heavy atom. The zero-order valence-corrected chi connectivity index (χ0v) is 58.1. The lowest BCUT2D eigenvalue weighted by Gasteiger charge is -2.42. The van der Waals surface area contributed by atoms with Gasteiger partial charge in [-0.15, -0.1) is 0 Å². The number of fused-ring (bicyclic) bond motifs is 17. The van der Waals surface area contributed by atoms with Gasteiger partial charge in [0.2, 0.25) is 0 Å². The number of pyridine rings is 1. The number of rotatable bonds is 7. The molecule has 0 aliphatic heterocycles. The van der Waals surface area contributed by atoms with Gasteiger partial charge in [0.05, 0.1) is 50.0 Å². The van der Waals surface area contributed by atoms with E-state index in [4.69, 9.17) is 9.72 Å². The zero-order valence-electron chi connectivity index (χ0n) is 58.1. The minimum Gasteiger partial charge on any atom is -0.458 e. The van der Waals surface area contributed by atoms with Crippen LogP contribution in [0.25, 0.3) is 132 Å². The van der Waals surface area contributed by atoms with E-state index in [2.05, 4.69) is 337 Å². The Kier molecular flexibility index (Phi) is 13.1. The van der Waals surface area contributed by atoms with E-state index in [0.29, 0.717) is 5.75 Å². The molecule has 16 aromatic rings. The maximum atomic E-state index is 7.23. The lowest BCUT2D eigenvalue weighted by molar-refractivity contribution is -0.571. The molecular weight excluding hydrogens is 1190 g/mol. The molecule has 0 atom stereocenters. The molecule has 0 bridgehead atoms. The molecule has 0 saturated heterocycles. The van der Waals surface area contributed by atoms with Gasteiger partial charge in [-0.2, -0.15) is 0 Å². The highest BCUT2D eigenvalue weighted by atomic mass is 16.5. The Balaban J connectivity index is 0.836. The Bertz CT molecular complexity index is 5990. The Morgan fingerprint density at radius 3 is 1.59 bits per heavy atom. The van der Waals surface area contributed by atoms with E-state index in [1.807, 2.05) is 6.20 Å². The molecule has 0 saturated carbocycles. The molecule has 11 aromatic carbocycles. The maximum absolute atomic E-state index is 7.23. The summed E-state index contributed by atoms with van der Waals surface area (Å²) in [5, 5.41) is 11.8. The van der Waals surface area contributed by atoms with Crippen LogP contribution >= 0.6 is 0 Å². The molecular formula is C92H81N5O. The highest BCUT2D eigenvalue weighted by Gasteiger charge is 2.39. The summed E-state index contributed by atoms with van der Waals surface area (Å²) >= 11 is 0. The number of hydrogen-bond donors (Lipinski definition) is 0. The van der Waals surface area contributed by atoms with Gasteiger partial charge in [0.15, 0.2) is 0 Å². The summed E-state index contributed by atoms with van der Waals surface area (Å²) in [7, 11) is 0. The van der Waals surface area contributed by atoms with Crippen LogP contribution < -0.4 is 9.30 Å². The van der Waals surface area contributed by atoms with Gasteiger partial charge in [0.25, 0.3) is 6.33 Å². The van der Waals surface area contributed by atoms with E-state index >= 15 is 0 Å². The first kappa shape index (κ1) is 59.9. The second-order valence-corrected chi connectivity index (χ2v) is 31.8. The highest BCUT2D eigenvalue weighted by Crippen LogP contribution is 2.51. The molecule has 98 heavy (non-hydrogen) atoms. The van der Waals surface area contributed by atoms with Crippen LogP contribution in [0.3, 0.4) is 0 Å². The van der Waals surface area contributed by atoms with Crippen molar-refractivity contribution in [1.82, 2.24) is 18.5 Å². The second-order valence-electron chi connectivity index (χ2n) is 31.8. The van der Waals surface area contributed by atoms with Crippen LogP contribution in [0.2, 0.25) is 0 Å². The minimum absolute atomic E-state index is 0.0387. The Morgan fingerprint density at radius 1 is 0.408 bits per heavy atom. The van der Waals surface area contributed by atoms with Gasteiger partial charge in [0.1, 0.15) is 17.3 Å². The largest absolute Gasteiger partial charge is 0.458 e. The maximum Gasteiger partial charge on any atom is 0.269 e. The van der Waals surface area contributed by atoms with Gasteiger partial charge >= 0.3 is 0 Å². The van der Waals surface area contributed by atoms with Gasteiger partial charge in [-0.3, -0.25) is 13.7 Å². The second kappa shape index (κ2) is 21.5. The van der Waals surface area contributed by atoms with Crippen LogP contribution in [-0.2, 0) is 27.1 Å². The normalized spacial score (nSPS) is 15.7. The number of benzene rings is 11. The van der Waals surface area contributed by atoms with Gasteiger partial charge in [-0.05, 0) is 185 Å². The number of para-hydroxylation sites is 5. The monoisotopic (exact) mass is 1270 g/mol. The molecule has 18 rings (SSSR count). The van der Waals surface area contributed by atoms with Crippen molar-refractivity contribution in [2.45, 2.75) is 129 Å². The lowest BCUT2D eigenvalue weighted by Crippen LogP contribution is -2.34. The van der Waals surface area contributed by atoms with Crippen LogP contribution in [0.5, 0.6) is 11.5 Å². The number of nitrogens with zero attached hydrogens (tertiary/aromatic N) is 5. The first-order valence-electron chi connectivity index (χ1n) is 35.2. The van der Waals surface area contributed by atoms with E-state index in [1.54, 1.807) is 0 Å². The van der Waals surface area contributed by atoms with Gasteiger partial charge in [0, 0.05) is 44.6 Å².